The topological polar surface area (TPSA) is 18.5 Å². The fourth-order valence-electron chi connectivity index (χ4n) is 2.06. The molecule has 0 bridgehead atoms. The highest BCUT2D eigenvalue weighted by molar-refractivity contribution is 6.18. The zero-order valence-electron chi connectivity index (χ0n) is 10.1. The molecule has 2 nitrogen and oxygen atoms in total. The minimum absolute atomic E-state index is 0.180. The summed E-state index contributed by atoms with van der Waals surface area (Å²) in [5.74, 6) is 1.66. The number of alkyl halides is 1. The van der Waals surface area contributed by atoms with Crippen LogP contribution in [0.4, 0.5) is 0 Å². The van der Waals surface area contributed by atoms with E-state index in [2.05, 4.69) is 13.0 Å². The van der Waals surface area contributed by atoms with Crippen molar-refractivity contribution >= 4 is 11.6 Å². The molecule has 0 aromatic rings. The van der Waals surface area contributed by atoms with Crippen molar-refractivity contribution < 1.29 is 9.47 Å². The van der Waals surface area contributed by atoms with Crippen molar-refractivity contribution in [2.24, 2.45) is 5.92 Å². The van der Waals surface area contributed by atoms with Gasteiger partial charge in [0.15, 0.2) is 0 Å². The van der Waals surface area contributed by atoms with Gasteiger partial charge in [0, 0.05) is 18.6 Å². The second-order valence-corrected chi connectivity index (χ2v) is 4.41. The van der Waals surface area contributed by atoms with Crippen molar-refractivity contribution in [3.8, 4) is 0 Å². The normalized spacial score (nSPS) is 31.6. The lowest BCUT2D eigenvalue weighted by molar-refractivity contribution is 0.0678. The molecule has 1 aliphatic rings. The molecule has 1 aliphatic carbocycles. The van der Waals surface area contributed by atoms with Crippen LogP contribution in [0.3, 0.4) is 0 Å². The molecule has 2 unspecified atom stereocenters. The molecule has 0 saturated heterocycles. The van der Waals surface area contributed by atoms with Crippen LogP contribution in [0.15, 0.2) is 23.0 Å². The Balaban J connectivity index is 3.21. The summed E-state index contributed by atoms with van der Waals surface area (Å²) in [7, 11) is 3.40. The first-order chi connectivity index (χ1) is 7.00. The summed E-state index contributed by atoms with van der Waals surface area (Å²) in [5.41, 5.74) is 1.94. The summed E-state index contributed by atoms with van der Waals surface area (Å²) < 4.78 is 11.0. The van der Waals surface area contributed by atoms with Gasteiger partial charge in [-0.05, 0) is 26.8 Å². The van der Waals surface area contributed by atoms with E-state index in [1.54, 1.807) is 14.2 Å². The molecule has 0 heterocycles. The Morgan fingerprint density at radius 2 is 2.00 bits per heavy atom. The van der Waals surface area contributed by atoms with Crippen LogP contribution in [-0.4, -0.2) is 25.7 Å². The number of rotatable bonds is 3. The zero-order chi connectivity index (χ0) is 11.6. The Kier molecular flexibility index (Phi) is 3.85. The quantitative estimate of drug-likeness (QED) is 0.548. The van der Waals surface area contributed by atoms with Crippen molar-refractivity contribution in [1.29, 1.82) is 0 Å². The lowest BCUT2D eigenvalue weighted by Crippen LogP contribution is -2.34. The maximum Gasteiger partial charge on any atom is 0.108 e. The first kappa shape index (κ1) is 12.6. The predicted octanol–water partition coefficient (Wildman–Crippen LogP) is 3.13. The number of hydrogen-bond acceptors (Lipinski definition) is 2. The molecular weight excluding hydrogens is 212 g/mol. The molecule has 3 heteroatoms. The smallest absolute Gasteiger partial charge is 0.108 e. The van der Waals surface area contributed by atoms with Crippen LogP contribution in [0.2, 0.25) is 0 Å². The van der Waals surface area contributed by atoms with Gasteiger partial charge < -0.3 is 9.47 Å². The van der Waals surface area contributed by atoms with Crippen molar-refractivity contribution in [1.82, 2.24) is 0 Å². The van der Waals surface area contributed by atoms with Gasteiger partial charge in [-0.3, -0.25) is 0 Å². The summed E-state index contributed by atoms with van der Waals surface area (Å²) in [5, 5.41) is 0. The Bertz CT molecular complexity index is 307. The number of ether oxygens (including phenoxy) is 2. The van der Waals surface area contributed by atoms with Crippen LogP contribution in [-0.2, 0) is 9.47 Å². The van der Waals surface area contributed by atoms with E-state index in [0.717, 1.165) is 11.3 Å². The monoisotopic (exact) mass is 230 g/mol. The third kappa shape index (κ3) is 2.06. The van der Waals surface area contributed by atoms with E-state index >= 15 is 0 Å². The number of methoxy groups -OCH3 is 2. The van der Waals surface area contributed by atoms with Gasteiger partial charge in [-0.15, -0.1) is 11.6 Å². The molecule has 1 rings (SSSR count). The first-order valence-corrected chi connectivity index (χ1v) is 5.59. The largest absolute Gasteiger partial charge is 0.500 e. The van der Waals surface area contributed by atoms with Gasteiger partial charge in [0.05, 0.1) is 13.0 Å². The third-order valence-corrected chi connectivity index (χ3v) is 3.59. The number of halogens is 1. The van der Waals surface area contributed by atoms with E-state index in [-0.39, 0.29) is 11.5 Å². The van der Waals surface area contributed by atoms with Gasteiger partial charge in [-0.25, -0.2) is 0 Å². The molecule has 0 amide bonds. The second kappa shape index (κ2) is 4.58. The van der Waals surface area contributed by atoms with Crippen LogP contribution in [0.25, 0.3) is 0 Å². The predicted molar refractivity (Wildman–Crippen MR) is 63.1 cm³/mol. The highest BCUT2D eigenvalue weighted by atomic mass is 35.5. The summed E-state index contributed by atoms with van der Waals surface area (Å²) in [4.78, 5) is 0. The molecule has 15 heavy (non-hydrogen) atoms. The third-order valence-electron chi connectivity index (χ3n) is 3.28. The molecule has 0 aliphatic heterocycles. The first-order valence-electron chi connectivity index (χ1n) is 5.05. The van der Waals surface area contributed by atoms with E-state index in [0.29, 0.717) is 5.88 Å². The molecule has 86 valence electrons. The van der Waals surface area contributed by atoms with E-state index in [9.17, 15) is 0 Å². The average molecular weight is 231 g/mol. The van der Waals surface area contributed by atoms with Crippen molar-refractivity contribution in [3.63, 3.8) is 0 Å². The second-order valence-electron chi connectivity index (χ2n) is 4.10. The van der Waals surface area contributed by atoms with Crippen LogP contribution in [0.5, 0.6) is 0 Å². The van der Waals surface area contributed by atoms with Crippen LogP contribution in [0, 0.1) is 5.92 Å². The standard InChI is InChI=1S/C12H19ClO2/c1-8-6-12(3,15-5)9(2)11(14-4)10(8)7-13/h6,10H,7H2,1-5H3. The van der Waals surface area contributed by atoms with Crippen LogP contribution >= 0.6 is 11.6 Å². The lowest BCUT2D eigenvalue weighted by atomic mass is 9.81. The fourth-order valence-corrected chi connectivity index (χ4v) is 2.44. The summed E-state index contributed by atoms with van der Waals surface area (Å²) in [6.07, 6.45) is 2.12. The van der Waals surface area contributed by atoms with Crippen molar-refractivity contribution in [2.75, 3.05) is 20.1 Å². The van der Waals surface area contributed by atoms with Gasteiger partial charge in [-0.2, -0.15) is 0 Å². The van der Waals surface area contributed by atoms with Crippen LogP contribution in [0.1, 0.15) is 20.8 Å². The summed E-state index contributed by atoms with van der Waals surface area (Å²) in [6, 6.07) is 0. The highest BCUT2D eigenvalue weighted by Crippen LogP contribution is 2.38. The minimum Gasteiger partial charge on any atom is -0.500 e. The Morgan fingerprint density at radius 1 is 1.40 bits per heavy atom. The lowest BCUT2D eigenvalue weighted by Gasteiger charge is -2.35. The zero-order valence-corrected chi connectivity index (χ0v) is 10.8. The van der Waals surface area contributed by atoms with Gasteiger partial charge in [0.25, 0.3) is 0 Å². The molecule has 0 saturated carbocycles. The van der Waals surface area contributed by atoms with E-state index in [1.807, 2.05) is 13.8 Å². The van der Waals surface area contributed by atoms with Crippen LogP contribution < -0.4 is 0 Å². The molecular formula is C12H19ClO2. The van der Waals surface area contributed by atoms with E-state index in [1.165, 1.54) is 5.57 Å². The van der Waals surface area contributed by atoms with E-state index < -0.39 is 0 Å². The fraction of sp³-hybridized carbons (Fsp3) is 0.667. The van der Waals surface area contributed by atoms with Crippen molar-refractivity contribution in [3.05, 3.63) is 23.0 Å². The van der Waals surface area contributed by atoms with Gasteiger partial charge in [0.1, 0.15) is 11.4 Å². The molecule has 0 fully saturated rings. The molecule has 0 aromatic carbocycles. The summed E-state index contributed by atoms with van der Waals surface area (Å²) >= 11 is 5.95. The van der Waals surface area contributed by atoms with Gasteiger partial charge >= 0.3 is 0 Å². The maximum absolute atomic E-state index is 5.95. The number of hydrogen-bond donors (Lipinski definition) is 0. The SMILES string of the molecule is COC1=C(C)C(C)(OC)C=C(C)C1CCl. The Labute approximate surface area is 96.9 Å². The minimum atomic E-state index is -0.363. The molecule has 0 N–H and O–H groups in total. The Hall–Kier alpha value is -0.470. The number of allylic oxidation sites excluding steroid dienone is 1. The van der Waals surface area contributed by atoms with Crippen molar-refractivity contribution in [2.45, 2.75) is 26.4 Å². The maximum atomic E-state index is 5.95. The summed E-state index contributed by atoms with van der Waals surface area (Å²) in [6.45, 7) is 6.13. The molecule has 0 spiro atoms. The Morgan fingerprint density at radius 3 is 2.40 bits per heavy atom. The van der Waals surface area contributed by atoms with E-state index in [4.69, 9.17) is 21.1 Å². The molecule has 0 aromatic heterocycles. The molecule has 0 radical (unpaired) electrons. The highest BCUT2D eigenvalue weighted by Gasteiger charge is 2.35. The van der Waals surface area contributed by atoms with Gasteiger partial charge in [0.2, 0.25) is 0 Å². The molecule has 2 atom stereocenters. The van der Waals surface area contributed by atoms with Gasteiger partial charge in [-0.1, -0.05) is 5.57 Å². The average Bonchev–Trinajstić information content (AvgIpc) is 2.22.